The molecule has 2 heterocycles. The van der Waals surface area contributed by atoms with Crippen molar-refractivity contribution in [2.75, 3.05) is 11.9 Å². The number of rotatable bonds is 4. The summed E-state index contributed by atoms with van der Waals surface area (Å²) in [6.07, 6.45) is 0.169. The smallest absolute Gasteiger partial charge is 0.410 e. The van der Waals surface area contributed by atoms with E-state index in [0.717, 1.165) is 16.0 Å². The zero-order chi connectivity index (χ0) is 20.9. The van der Waals surface area contributed by atoms with E-state index in [4.69, 9.17) is 4.74 Å². The number of anilines is 1. The molecule has 0 saturated carbocycles. The predicted molar refractivity (Wildman–Crippen MR) is 114 cm³/mol. The molecule has 2 amide bonds. The Labute approximate surface area is 178 Å². The average Bonchev–Trinajstić information content (AvgIpc) is 3.14. The van der Waals surface area contributed by atoms with Gasteiger partial charge in [-0.15, -0.1) is 11.3 Å². The van der Waals surface area contributed by atoms with Gasteiger partial charge in [-0.2, -0.15) is 5.26 Å². The van der Waals surface area contributed by atoms with Crippen LogP contribution < -0.4 is 5.32 Å². The number of carbonyl (C=O) groups is 2. The minimum absolute atomic E-state index is 0.218. The van der Waals surface area contributed by atoms with E-state index in [1.54, 1.807) is 29.2 Å². The second-order valence-electron chi connectivity index (χ2n) is 6.85. The lowest BCUT2D eigenvalue weighted by Crippen LogP contribution is -2.35. The Kier molecular flexibility index (Phi) is 5.77. The number of fused-ring (bicyclic) bond motifs is 1. The van der Waals surface area contributed by atoms with Crippen molar-refractivity contribution in [3.8, 4) is 6.07 Å². The normalized spacial score (nSPS) is 12.6. The van der Waals surface area contributed by atoms with Crippen LogP contribution >= 0.6 is 11.3 Å². The van der Waals surface area contributed by atoms with Gasteiger partial charge in [0, 0.05) is 17.0 Å². The van der Waals surface area contributed by atoms with E-state index < -0.39 is 0 Å². The lowest BCUT2D eigenvalue weighted by molar-refractivity contribution is 0.0923. The summed E-state index contributed by atoms with van der Waals surface area (Å²) < 4.78 is 5.43. The second kappa shape index (κ2) is 8.80. The quantitative estimate of drug-likeness (QED) is 0.674. The fraction of sp³-hybridized carbons (Fsp3) is 0.174. The molecule has 0 atom stereocenters. The molecule has 0 unspecified atom stereocenters. The molecule has 1 aliphatic heterocycles. The standard InChI is InChI=1S/C23H19N3O3S/c24-13-19-18-11-12-26(23(28)29-15-16-7-3-1-4-8-16)14-20(18)30-22(19)25-21(27)17-9-5-2-6-10-17/h1-10H,11-12,14-15H2,(H,25,27). The second-order valence-corrected chi connectivity index (χ2v) is 7.96. The monoisotopic (exact) mass is 417 g/mol. The number of ether oxygens (including phenoxy) is 1. The molecule has 0 saturated heterocycles. The van der Waals surface area contributed by atoms with Gasteiger partial charge in [0.1, 0.15) is 17.7 Å². The minimum Gasteiger partial charge on any atom is -0.445 e. The summed E-state index contributed by atoms with van der Waals surface area (Å²) in [5, 5.41) is 13.0. The van der Waals surface area contributed by atoms with Gasteiger partial charge in [0.2, 0.25) is 0 Å². The fourth-order valence-electron chi connectivity index (χ4n) is 3.34. The average molecular weight is 417 g/mol. The van der Waals surface area contributed by atoms with Crippen LogP contribution in [-0.2, 0) is 24.3 Å². The number of benzene rings is 2. The van der Waals surface area contributed by atoms with Gasteiger partial charge < -0.3 is 15.0 Å². The van der Waals surface area contributed by atoms with Crippen molar-refractivity contribution in [3.63, 3.8) is 0 Å². The number of hydrogen-bond donors (Lipinski definition) is 1. The highest BCUT2D eigenvalue weighted by Crippen LogP contribution is 2.37. The molecule has 1 aliphatic rings. The van der Waals surface area contributed by atoms with Crippen molar-refractivity contribution in [2.45, 2.75) is 19.6 Å². The third kappa shape index (κ3) is 4.19. The van der Waals surface area contributed by atoms with Crippen LogP contribution in [0.2, 0.25) is 0 Å². The first-order chi connectivity index (χ1) is 14.7. The molecule has 4 rings (SSSR count). The van der Waals surface area contributed by atoms with E-state index in [-0.39, 0.29) is 18.6 Å². The summed E-state index contributed by atoms with van der Waals surface area (Å²) in [7, 11) is 0. The van der Waals surface area contributed by atoms with Crippen molar-refractivity contribution in [1.29, 1.82) is 5.26 Å². The van der Waals surface area contributed by atoms with Crippen molar-refractivity contribution in [2.24, 2.45) is 0 Å². The zero-order valence-electron chi connectivity index (χ0n) is 16.1. The van der Waals surface area contributed by atoms with E-state index in [9.17, 15) is 14.9 Å². The van der Waals surface area contributed by atoms with Crippen molar-refractivity contribution < 1.29 is 14.3 Å². The first-order valence-electron chi connectivity index (χ1n) is 9.52. The van der Waals surface area contributed by atoms with Crippen LogP contribution in [0.5, 0.6) is 0 Å². The topological polar surface area (TPSA) is 82.4 Å². The largest absolute Gasteiger partial charge is 0.445 e. The van der Waals surface area contributed by atoms with Crippen molar-refractivity contribution >= 4 is 28.3 Å². The van der Waals surface area contributed by atoms with E-state index in [1.165, 1.54) is 11.3 Å². The Balaban J connectivity index is 1.45. The highest BCUT2D eigenvalue weighted by molar-refractivity contribution is 7.16. The molecule has 1 N–H and O–H groups in total. The van der Waals surface area contributed by atoms with E-state index >= 15 is 0 Å². The Morgan fingerprint density at radius 2 is 1.80 bits per heavy atom. The number of nitriles is 1. The van der Waals surface area contributed by atoms with Crippen LogP contribution in [0.25, 0.3) is 0 Å². The van der Waals surface area contributed by atoms with Gasteiger partial charge in [-0.05, 0) is 29.7 Å². The molecule has 0 radical (unpaired) electrons. The summed E-state index contributed by atoms with van der Waals surface area (Å²) in [6, 6.07) is 20.6. The summed E-state index contributed by atoms with van der Waals surface area (Å²) in [4.78, 5) is 27.5. The van der Waals surface area contributed by atoms with E-state index in [1.807, 2.05) is 36.4 Å². The molecule has 0 bridgehead atoms. The Morgan fingerprint density at radius 3 is 2.50 bits per heavy atom. The number of carbonyl (C=O) groups excluding carboxylic acids is 2. The van der Waals surface area contributed by atoms with Crippen LogP contribution in [0.15, 0.2) is 60.7 Å². The fourth-order valence-corrected chi connectivity index (χ4v) is 4.55. The highest BCUT2D eigenvalue weighted by Gasteiger charge is 2.28. The third-order valence-electron chi connectivity index (χ3n) is 4.90. The molecule has 3 aromatic rings. The number of nitrogens with zero attached hydrogens (tertiary/aromatic N) is 2. The maximum absolute atomic E-state index is 12.5. The SMILES string of the molecule is N#Cc1c(NC(=O)c2ccccc2)sc2c1CCN(C(=O)OCc1ccccc1)C2. The predicted octanol–water partition coefficient (Wildman–Crippen LogP) is 4.57. The molecule has 0 spiro atoms. The lowest BCUT2D eigenvalue weighted by atomic mass is 10.0. The number of hydrogen-bond acceptors (Lipinski definition) is 5. The van der Waals surface area contributed by atoms with Crippen LogP contribution in [0.3, 0.4) is 0 Å². The van der Waals surface area contributed by atoms with Crippen molar-refractivity contribution in [3.05, 3.63) is 87.8 Å². The Morgan fingerprint density at radius 1 is 1.10 bits per heavy atom. The molecular weight excluding hydrogens is 398 g/mol. The van der Waals surface area contributed by atoms with Gasteiger partial charge >= 0.3 is 6.09 Å². The first-order valence-corrected chi connectivity index (χ1v) is 10.3. The lowest BCUT2D eigenvalue weighted by Gasteiger charge is -2.26. The van der Waals surface area contributed by atoms with Gasteiger partial charge in [0.25, 0.3) is 5.91 Å². The highest BCUT2D eigenvalue weighted by atomic mass is 32.1. The molecule has 7 heteroatoms. The summed E-state index contributed by atoms with van der Waals surface area (Å²) in [5.74, 6) is -0.259. The van der Waals surface area contributed by atoms with E-state index in [2.05, 4.69) is 11.4 Å². The van der Waals surface area contributed by atoms with Crippen LogP contribution in [0, 0.1) is 11.3 Å². The molecule has 6 nitrogen and oxygen atoms in total. The zero-order valence-corrected chi connectivity index (χ0v) is 16.9. The number of nitrogens with one attached hydrogen (secondary N) is 1. The van der Waals surface area contributed by atoms with Gasteiger partial charge in [-0.25, -0.2) is 4.79 Å². The minimum atomic E-state index is -0.383. The first kappa shape index (κ1) is 19.7. The Bertz CT molecular complexity index is 1100. The maximum Gasteiger partial charge on any atom is 0.410 e. The van der Waals surface area contributed by atoms with Crippen LogP contribution in [-0.4, -0.2) is 23.4 Å². The summed E-state index contributed by atoms with van der Waals surface area (Å²) in [6.45, 7) is 1.05. The van der Waals surface area contributed by atoms with Gasteiger partial charge in [0.15, 0.2) is 0 Å². The Hall–Kier alpha value is -3.63. The molecular formula is C23H19N3O3S. The summed E-state index contributed by atoms with van der Waals surface area (Å²) >= 11 is 1.34. The van der Waals surface area contributed by atoms with Gasteiger partial charge in [0.05, 0.1) is 12.1 Å². The van der Waals surface area contributed by atoms with Crippen LogP contribution in [0.4, 0.5) is 9.80 Å². The molecule has 0 fully saturated rings. The number of amides is 2. The van der Waals surface area contributed by atoms with Gasteiger partial charge in [-0.3, -0.25) is 4.79 Å². The molecule has 1 aromatic heterocycles. The van der Waals surface area contributed by atoms with Crippen molar-refractivity contribution in [1.82, 2.24) is 4.90 Å². The maximum atomic E-state index is 12.5. The number of thiophene rings is 1. The molecule has 30 heavy (non-hydrogen) atoms. The molecule has 2 aromatic carbocycles. The molecule has 0 aliphatic carbocycles. The summed E-state index contributed by atoms with van der Waals surface area (Å²) in [5.41, 5.74) is 2.84. The van der Waals surface area contributed by atoms with E-state index in [0.29, 0.717) is 35.6 Å². The van der Waals surface area contributed by atoms with Gasteiger partial charge in [-0.1, -0.05) is 48.5 Å². The van der Waals surface area contributed by atoms with Crippen LogP contribution in [0.1, 0.15) is 31.9 Å². The molecule has 150 valence electrons. The third-order valence-corrected chi connectivity index (χ3v) is 6.03.